The van der Waals surface area contributed by atoms with E-state index in [1.807, 2.05) is 17.9 Å². The van der Waals surface area contributed by atoms with Crippen molar-refractivity contribution in [3.05, 3.63) is 65.5 Å². The van der Waals surface area contributed by atoms with Crippen molar-refractivity contribution in [1.82, 2.24) is 15.2 Å². The lowest BCUT2D eigenvalue weighted by Crippen LogP contribution is -2.29. The Morgan fingerprint density at radius 2 is 1.90 bits per heavy atom. The summed E-state index contributed by atoms with van der Waals surface area (Å²) in [6, 6.07) is 14.6. The monoisotopic (exact) mass is 280 g/mol. The first-order chi connectivity index (χ1) is 10.2. The van der Waals surface area contributed by atoms with E-state index in [4.69, 9.17) is 5.84 Å². The Bertz CT molecular complexity index is 755. The smallest absolute Gasteiger partial charge is 0.0749 e. The topological polar surface area (TPSA) is 55.9 Å². The van der Waals surface area contributed by atoms with Crippen LogP contribution in [0.4, 0.5) is 0 Å². The Morgan fingerprint density at radius 3 is 2.67 bits per heavy atom. The minimum atomic E-state index is -0.0558. The molecule has 1 atom stereocenters. The standard InChI is InChI=1S/C17H20N4/c1-3-16-15(11-21(2)20-16)17(19-18)14-10-6-8-12-7-4-5-9-13(12)14/h4-11,17,19H,3,18H2,1-2H3. The van der Waals surface area contributed by atoms with Crippen LogP contribution in [-0.4, -0.2) is 9.78 Å². The maximum atomic E-state index is 5.87. The lowest BCUT2D eigenvalue weighted by atomic mass is 9.94. The molecule has 1 aromatic heterocycles. The lowest BCUT2D eigenvalue weighted by Gasteiger charge is -2.18. The Morgan fingerprint density at radius 1 is 1.14 bits per heavy atom. The van der Waals surface area contributed by atoms with E-state index in [2.05, 4.69) is 59.9 Å². The predicted molar refractivity (Wildman–Crippen MR) is 85.7 cm³/mol. The zero-order valence-corrected chi connectivity index (χ0v) is 12.4. The van der Waals surface area contributed by atoms with Gasteiger partial charge in [0.25, 0.3) is 0 Å². The molecule has 0 aliphatic heterocycles. The van der Waals surface area contributed by atoms with Crippen molar-refractivity contribution in [2.24, 2.45) is 12.9 Å². The van der Waals surface area contributed by atoms with Crippen LogP contribution in [-0.2, 0) is 13.5 Å². The highest BCUT2D eigenvalue weighted by Gasteiger charge is 2.20. The molecule has 3 rings (SSSR count). The second-order valence-corrected chi connectivity index (χ2v) is 5.23. The Kier molecular flexibility index (Phi) is 3.73. The summed E-state index contributed by atoms with van der Waals surface area (Å²) in [5.41, 5.74) is 6.36. The van der Waals surface area contributed by atoms with Crippen LogP contribution in [0.3, 0.4) is 0 Å². The fraction of sp³-hybridized carbons (Fsp3) is 0.235. The van der Waals surface area contributed by atoms with Gasteiger partial charge in [0.15, 0.2) is 0 Å². The largest absolute Gasteiger partial charge is 0.275 e. The number of aromatic nitrogens is 2. The van der Waals surface area contributed by atoms with Crippen LogP contribution in [0.2, 0.25) is 0 Å². The molecule has 2 aromatic carbocycles. The summed E-state index contributed by atoms with van der Waals surface area (Å²) >= 11 is 0. The van der Waals surface area contributed by atoms with Crippen LogP contribution >= 0.6 is 0 Å². The van der Waals surface area contributed by atoms with Gasteiger partial charge >= 0.3 is 0 Å². The second kappa shape index (κ2) is 5.68. The van der Waals surface area contributed by atoms with Crippen LogP contribution in [0.25, 0.3) is 10.8 Å². The number of nitrogens with one attached hydrogen (secondary N) is 1. The second-order valence-electron chi connectivity index (χ2n) is 5.23. The molecule has 0 radical (unpaired) electrons. The first kappa shape index (κ1) is 13.8. The highest BCUT2D eigenvalue weighted by atomic mass is 15.3. The van der Waals surface area contributed by atoms with E-state index >= 15 is 0 Å². The number of hydrazine groups is 1. The van der Waals surface area contributed by atoms with Gasteiger partial charge in [-0.25, -0.2) is 5.43 Å². The van der Waals surface area contributed by atoms with Crippen LogP contribution in [0, 0.1) is 0 Å². The molecular formula is C17H20N4. The van der Waals surface area contributed by atoms with Gasteiger partial charge in [-0.15, -0.1) is 0 Å². The summed E-state index contributed by atoms with van der Waals surface area (Å²) in [6.45, 7) is 2.11. The lowest BCUT2D eigenvalue weighted by molar-refractivity contribution is 0.635. The van der Waals surface area contributed by atoms with E-state index in [1.54, 1.807) is 0 Å². The van der Waals surface area contributed by atoms with Gasteiger partial charge in [0.2, 0.25) is 0 Å². The number of benzene rings is 2. The molecule has 21 heavy (non-hydrogen) atoms. The highest BCUT2D eigenvalue weighted by Crippen LogP contribution is 2.30. The molecule has 1 unspecified atom stereocenters. The molecule has 3 N–H and O–H groups in total. The predicted octanol–water partition coefficient (Wildman–Crippen LogP) is 2.69. The van der Waals surface area contributed by atoms with Gasteiger partial charge in [0.05, 0.1) is 11.7 Å². The molecule has 4 nitrogen and oxygen atoms in total. The van der Waals surface area contributed by atoms with E-state index in [1.165, 1.54) is 16.3 Å². The van der Waals surface area contributed by atoms with E-state index in [0.717, 1.165) is 17.7 Å². The molecule has 0 amide bonds. The third kappa shape index (κ3) is 2.44. The summed E-state index contributed by atoms with van der Waals surface area (Å²) in [5, 5.41) is 6.96. The van der Waals surface area contributed by atoms with Gasteiger partial charge in [-0.1, -0.05) is 49.4 Å². The Hall–Kier alpha value is -2.17. The summed E-state index contributed by atoms with van der Waals surface area (Å²) in [7, 11) is 1.94. The van der Waals surface area contributed by atoms with Crippen molar-refractivity contribution in [2.45, 2.75) is 19.4 Å². The molecule has 3 aromatic rings. The maximum absolute atomic E-state index is 5.87. The van der Waals surface area contributed by atoms with Crippen LogP contribution in [0.5, 0.6) is 0 Å². The number of rotatable bonds is 4. The highest BCUT2D eigenvalue weighted by molar-refractivity contribution is 5.86. The van der Waals surface area contributed by atoms with Gasteiger partial charge in [0, 0.05) is 18.8 Å². The Balaban J connectivity index is 2.18. The molecule has 4 heteroatoms. The van der Waals surface area contributed by atoms with Crippen LogP contribution < -0.4 is 11.3 Å². The minimum Gasteiger partial charge on any atom is -0.275 e. The molecule has 0 spiro atoms. The average molecular weight is 280 g/mol. The number of fused-ring (bicyclic) bond motifs is 1. The van der Waals surface area contributed by atoms with Gasteiger partial charge in [-0.05, 0) is 22.8 Å². The van der Waals surface area contributed by atoms with E-state index in [9.17, 15) is 0 Å². The van der Waals surface area contributed by atoms with Crippen LogP contribution in [0.15, 0.2) is 48.7 Å². The number of hydrogen-bond donors (Lipinski definition) is 2. The molecule has 0 bridgehead atoms. The SMILES string of the molecule is CCc1nn(C)cc1C(NN)c1cccc2ccccc12. The molecule has 1 heterocycles. The van der Waals surface area contributed by atoms with Crippen molar-refractivity contribution in [2.75, 3.05) is 0 Å². The van der Waals surface area contributed by atoms with Gasteiger partial charge in [-0.2, -0.15) is 5.10 Å². The molecule has 0 aliphatic rings. The molecule has 0 saturated carbocycles. The molecule has 0 saturated heterocycles. The molecular weight excluding hydrogens is 260 g/mol. The van der Waals surface area contributed by atoms with Gasteiger partial charge in [0.1, 0.15) is 0 Å². The van der Waals surface area contributed by atoms with Crippen molar-refractivity contribution >= 4 is 10.8 Å². The molecule has 0 aliphatic carbocycles. The van der Waals surface area contributed by atoms with Crippen molar-refractivity contribution in [3.8, 4) is 0 Å². The number of aryl methyl sites for hydroxylation is 2. The summed E-state index contributed by atoms with van der Waals surface area (Å²) in [5.74, 6) is 5.87. The zero-order chi connectivity index (χ0) is 14.8. The fourth-order valence-electron chi connectivity index (χ4n) is 2.92. The number of hydrogen-bond acceptors (Lipinski definition) is 3. The number of nitrogens with zero attached hydrogens (tertiary/aromatic N) is 2. The first-order valence-corrected chi connectivity index (χ1v) is 7.20. The summed E-state index contributed by atoms with van der Waals surface area (Å²) in [6.07, 6.45) is 2.93. The Labute approximate surface area is 124 Å². The normalized spacial score (nSPS) is 12.7. The average Bonchev–Trinajstić information content (AvgIpc) is 2.89. The zero-order valence-electron chi connectivity index (χ0n) is 12.4. The minimum absolute atomic E-state index is 0.0558. The van der Waals surface area contributed by atoms with Crippen molar-refractivity contribution < 1.29 is 0 Å². The molecule has 108 valence electrons. The van der Waals surface area contributed by atoms with E-state index < -0.39 is 0 Å². The molecule has 0 fully saturated rings. The van der Waals surface area contributed by atoms with Crippen molar-refractivity contribution in [3.63, 3.8) is 0 Å². The van der Waals surface area contributed by atoms with Gasteiger partial charge < -0.3 is 0 Å². The third-order valence-electron chi connectivity index (χ3n) is 3.88. The summed E-state index contributed by atoms with van der Waals surface area (Å²) in [4.78, 5) is 0. The quantitative estimate of drug-likeness (QED) is 0.570. The van der Waals surface area contributed by atoms with E-state index in [-0.39, 0.29) is 6.04 Å². The first-order valence-electron chi connectivity index (χ1n) is 7.20. The number of nitrogens with two attached hydrogens (primary N) is 1. The van der Waals surface area contributed by atoms with Crippen LogP contribution in [0.1, 0.15) is 29.8 Å². The third-order valence-corrected chi connectivity index (χ3v) is 3.88. The van der Waals surface area contributed by atoms with Crippen molar-refractivity contribution in [1.29, 1.82) is 0 Å². The van der Waals surface area contributed by atoms with Gasteiger partial charge in [-0.3, -0.25) is 10.5 Å². The maximum Gasteiger partial charge on any atom is 0.0749 e. The summed E-state index contributed by atoms with van der Waals surface area (Å²) < 4.78 is 1.85. The van der Waals surface area contributed by atoms with E-state index in [0.29, 0.717) is 0 Å². The fourth-order valence-corrected chi connectivity index (χ4v) is 2.92.